The molecule has 2 saturated heterocycles. The molecular weight excluding hydrogens is 720 g/mol. The van der Waals surface area contributed by atoms with E-state index >= 15 is 0 Å². The van der Waals surface area contributed by atoms with Crippen LogP contribution >= 0.6 is 11.6 Å². The van der Waals surface area contributed by atoms with Crippen LogP contribution < -0.4 is 20.3 Å². The molecule has 284 valence electrons. The Kier molecular flexibility index (Phi) is 10.3. The van der Waals surface area contributed by atoms with Gasteiger partial charge >= 0.3 is 0 Å². The molecule has 1 saturated carbocycles. The second-order valence-corrected chi connectivity index (χ2v) is 15.8. The normalized spacial score (nSPS) is 23.2. The molecular formula is C42H43ClN6O6. The number of imide groups is 2. The predicted molar refractivity (Wildman–Crippen MR) is 204 cm³/mol. The van der Waals surface area contributed by atoms with Crippen LogP contribution in [0.4, 0.5) is 5.69 Å². The highest BCUT2D eigenvalue weighted by molar-refractivity contribution is 6.31. The summed E-state index contributed by atoms with van der Waals surface area (Å²) >= 11 is 6.16. The summed E-state index contributed by atoms with van der Waals surface area (Å²) in [6, 6.07) is 17.8. The van der Waals surface area contributed by atoms with E-state index in [0.717, 1.165) is 88.3 Å². The van der Waals surface area contributed by atoms with Gasteiger partial charge in [-0.1, -0.05) is 17.7 Å². The molecule has 0 radical (unpaired) electrons. The fourth-order valence-electron chi connectivity index (χ4n) is 8.75. The second-order valence-electron chi connectivity index (χ2n) is 15.4. The standard InChI is InChI=1S/C42H43ClN6O6/c43-36-21-33(7-3-28(36)22-44)55-32-8-4-30(5-9-32)45-39(51)27-1-2-29-24-47(16-15-26(29)19-27)23-25-13-17-48(18-14-25)31-6-10-34-35(20-31)42(54)49(41(34)53)37-11-12-38(50)46-40(37)52/h1-3,6-7,10,19-21,25,30,32,37H,4-5,8-9,11-18,23-24H2,(H,45,51)(H,46,50,52)/t30-,32-,37?. The summed E-state index contributed by atoms with van der Waals surface area (Å²) in [7, 11) is 0. The van der Waals surface area contributed by atoms with Gasteiger partial charge in [0.25, 0.3) is 17.7 Å². The maximum Gasteiger partial charge on any atom is 0.262 e. The van der Waals surface area contributed by atoms with Crippen molar-refractivity contribution in [1.29, 1.82) is 5.26 Å². The number of carbonyl (C=O) groups is 5. The van der Waals surface area contributed by atoms with Gasteiger partial charge in [0.1, 0.15) is 17.9 Å². The highest BCUT2D eigenvalue weighted by Gasteiger charge is 2.45. The lowest BCUT2D eigenvalue weighted by Crippen LogP contribution is -2.54. The van der Waals surface area contributed by atoms with E-state index < -0.39 is 29.7 Å². The van der Waals surface area contributed by atoms with Crippen LogP contribution in [0.3, 0.4) is 0 Å². The summed E-state index contributed by atoms with van der Waals surface area (Å²) in [6.45, 7) is 4.48. The third-order valence-corrected chi connectivity index (χ3v) is 12.2. The van der Waals surface area contributed by atoms with Crippen molar-refractivity contribution in [3.63, 3.8) is 0 Å². The van der Waals surface area contributed by atoms with Crippen molar-refractivity contribution in [3.8, 4) is 11.8 Å². The minimum Gasteiger partial charge on any atom is -0.490 e. The molecule has 12 nitrogen and oxygen atoms in total. The monoisotopic (exact) mass is 762 g/mol. The van der Waals surface area contributed by atoms with E-state index in [1.54, 1.807) is 30.3 Å². The second kappa shape index (κ2) is 15.5. The molecule has 5 aliphatic rings. The summed E-state index contributed by atoms with van der Waals surface area (Å²) in [5.74, 6) is -0.819. The smallest absolute Gasteiger partial charge is 0.262 e. The molecule has 4 aliphatic heterocycles. The Morgan fingerprint density at radius 1 is 0.855 bits per heavy atom. The van der Waals surface area contributed by atoms with Crippen molar-refractivity contribution in [2.24, 2.45) is 5.92 Å². The Morgan fingerprint density at radius 2 is 1.64 bits per heavy atom. The maximum absolute atomic E-state index is 13.3. The number of hydrogen-bond acceptors (Lipinski definition) is 9. The molecule has 3 fully saturated rings. The SMILES string of the molecule is N#Cc1ccc(O[C@H]2CC[C@H](NC(=O)c3ccc4c(c3)CCN(CC3CCN(c5ccc6c(c5)C(=O)N(C5CCC(=O)NC5=O)C6=O)CC3)C4)CC2)cc1Cl. The summed E-state index contributed by atoms with van der Waals surface area (Å²) in [6.07, 6.45) is 6.50. The number of anilines is 1. The topological polar surface area (TPSA) is 152 Å². The average Bonchev–Trinajstić information content (AvgIpc) is 3.43. The van der Waals surface area contributed by atoms with E-state index in [1.165, 1.54) is 11.1 Å². The van der Waals surface area contributed by atoms with Crippen LogP contribution in [0.15, 0.2) is 54.6 Å². The number of ether oxygens (including phenoxy) is 1. The van der Waals surface area contributed by atoms with E-state index in [4.69, 9.17) is 21.6 Å². The van der Waals surface area contributed by atoms with Crippen molar-refractivity contribution < 1.29 is 28.7 Å². The Hall–Kier alpha value is -5.25. The highest BCUT2D eigenvalue weighted by atomic mass is 35.5. The molecule has 0 bridgehead atoms. The first kappa shape index (κ1) is 36.7. The zero-order valence-electron chi connectivity index (χ0n) is 30.5. The van der Waals surface area contributed by atoms with Gasteiger partial charge in [0.15, 0.2) is 0 Å². The van der Waals surface area contributed by atoms with E-state index in [0.29, 0.717) is 38.9 Å². The van der Waals surface area contributed by atoms with Gasteiger partial charge in [0, 0.05) is 62.5 Å². The van der Waals surface area contributed by atoms with E-state index in [-0.39, 0.29) is 30.9 Å². The van der Waals surface area contributed by atoms with Crippen LogP contribution in [0.5, 0.6) is 5.75 Å². The van der Waals surface area contributed by atoms with Crippen LogP contribution in [-0.2, 0) is 22.6 Å². The number of halogens is 1. The molecule has 3 aromatic rings. The number of fused-ring (bicyclic) bond motifs is 2. The van der Waals surface area contributed by atoms with Gasteiger partial charge < -0.3 is 15.0 Å². The quantitative estimate of drug-likeness (QED) is 0.302. The molecule has 2 N–H and O–H groups in total. The maximum atomic E-state index is 13.3. The van der Waals surface area contributed by atoms with Crippen molar-refractivity contribution in [1.82, 2.24) is 20.4 Å². The Morgan fingerprint density at radius 3 is 2.38 bits per heavy atom. The minimum absolute atomic E-state index is 0.0359. The number of benzene rings is 3. The lowest BCUT2D eigenvalue weighted by atomic mass is 9.91. The molecule has 4 heterocycles. The summed E-state index contributed by atoms with van der Waals surface area (Å²) in [5.41, 5.74) is 5.12. The van der Waals surface area contributed by atoms with Gasteiger partial charge in [-0.05, 0) is 111 Å². The first-order valence-electron chi connectivity index (χ1n) is 19.3. The fourth-order valence-corrected chi connectivity index (χ4v) is 8.96. The summed E-state index contributed by atoms with van der Waals surface area (Å²) in [4.78, 5) is 69.5. The molecule has 1 aliphatic carbocycles. The largest absolute Gasteiger partial charge is 0.490 e. The molecule has 55 heavy (non-hydrogen) atoms. The van der Waals surface area contributed by atoms with Crippen LogP contribution in [0, 0.1) is 17.2 Å². The van der Waals surface area contributed by atoms with Crippen molar-refractivity contribution >= 4 is 46.8 Å². The van der Waals surface area contributed by atoms with Gasteiger partial charge in [-0.15, -0.1) is 0 Å². The minimum atomic E-state index is -0.973. The van der Waals surface area contributed by atoms with Crippen LogP contribution in [-0.4, -0.2) is 83.7 Å². The molecule has 0 aromatic heterocycles. The number of rotatable bonds is 8. The molecule has 0 spiro atoms. The summed E-state index contributed by atoms with van der Waals surface area (Å²) < 4.78 is 6.11. The molecule has 13 heteroatoms. The van der Waals surface area contributed by atoms with Crippen molar-refractivity contribution in [3.05, 3.63) is 93.0 Å². The zero-order valence-corrected chi connectivity index (χ0v) is 31.3. The third-order valence-electron chi connectivity index (χ3n) is 11.9. The van der Waals surface area contributed by atoms with Gasteiger partial charge in [0.05, 0.1) is 27.8 Å². The van der Waals surface area contributed by atoms with Gasteiger partial charge in [-0.25, -0.2) is 0 Å². The van der Waals surface area contributed by atoms with E-state index in [2.05, 4.69) is 38.6 Å². The molecule has 1 unspecified atom stereocenters. The van der Waals surface area contributed by atoms with Gasteiger partial charge in [-0.3, -0.25) is 39.1 Å². The lowest BCUT2D eigenvalue weighted by Gasteiger charge is -2.37. The fraction of sp³-hybridized carbons (Fsp3) is 0.429. The first-order valence-corrected chi connectivity index (χ1v) is 19.6. The zero-order chi connectivity index (χ0) is 38.2. The number of carbonyl (C=O) groups excluding carboxylic acids is 5. The van der Waals surface area contributed by atoms with Gasteiger partial charge in [0.2, 0.25) is 11.8 Å². The van der Waals surface area contributed by atoms with Crippen LogP contribution in [0.1, 0.15) is 99.1 Å². The molecule has 5 amide bonds. The Bertz CT molecular complexity index is 2100. The highest BCUT2D eigenvalue weighted by Crippen LogP contribution is 2.33. The number of hydrogen-bond donors (Lipinski definition) is 2. The number of nitrogens with zero attached hydrogens (tertiary/aromatic N) is 4. The number of nitrogens with one attached hydrogen (secondary N) is 2. The Balaban J connectivity index is 0.791. The Labute approximate surface area is 324 Å². The number of piperidine rings is 2. The van der Waals surface area contributed by atoms with E-state index in [1.807, 2.05) is 12.1 Å². The summed E-state index contributed by atoms with van der Waals surface area (Å²) in [5, 5.41) is 15.0. The van der Waals surface area contributed by atoms with Gasteiger partial charge in [-0.2, -0.15) is 5.26 Å². The average molecular weight is 763 g/mol. The number of nitriles is 1. The number of amides is 5. The molecule has 1 atom stereocenters. The van der Waals surface area contributed by atoms with Crippen LogP contribution in [0.25, 0.3) is 0 Å². The lowest BCUT2D eigenvalue weighted by molar-refractivity contribution is -0.136. The molecule has 3 aromatic carbocycles. The third kappa shape index (κ3) is 7.68. The molecule has 8 rings (SSSR count). The predicted octanol–water partition coefficient (Wildman–Crippen LogP) is 5.01. The van der Waals surface area contributed by atoms with E-state index in [9.17, 15) is 24.0 Å². The van der Waals surface area contributed by atoms with Crippen molar-refractivity contribution in [2.45, 2.75) is 82.5 Å². The van der Waals surface area contributed by atoms with Crippen LogP contribution in [0.2, 0.25) is 5.02 Å². The van der Waals surface area contributed by atoms with Crippen molar-refractivity contribution in [2.75, 3.05) is 31.1 Å². The first-order chi connectivity index (χ1) is 26.6.